The third-order valence-electron chi connectivity index (χ3n) is 4.29. The molecule has 9 nitrogen and oxygen atoms in total. The molecule has 158 valence electrons. The Hall–Kier alpha value is -4.40. The second-order valence-corrected chi connectivity index (χ2v) is 6.66. The molecule has 0 spiro atoms. The second kappa shape index (κ2) is 9.88. The fourth-order valence-corrected chi connectivity index (χ4v) is 2.80. The quantitative estimate of drug-likeness (QED) is 0.327. The van der Waals surface area contributed by atoms with Gasteiger partial charge in [0.05, 0.1) is 4.92 Å². The van der Waals surface area contributed by atoms with Gasteiger partial charge >= 0.3 is 6.03 Å². The molecule has 3 amide bonds. The molecule has 3 aromatic carbocycles. The molecule has 0 fully saturated rings. The highest BCUT2D eigenvalue weighted by atomic mass is 16.6. The predicted molar refractivity (Wildman–Crippen MR) is 120 cm³/mol. The summed E-state index contributed by atoms with van der Waals surface area (Å²) in [5.74, 6) is -0.436. The maximum absolute atomic E-state index is 12.5. The van der Waals surface area contributed by atoms with Crippen LogP contribution in [0.1, 0.15) is 6.92 Å². The van der Waals surface area contributed by atoms with E-state index in [-0.39, 0.29) is 11.4 Å². The molecule has 4 N–H and O–H groups in total. The van der Waals surface area contributed by atoms with Gasteiger partial charge in [-0.25, -0.2) is 4.79 Å². The van der Waals surface area contributed by atoms with Crippen molar-refractivity contribution < 1.29 is 14.5 Å². The molecule has 1 atom stereocenters. The first-order valence-electron chi connectivity index (χ1n) is 9.46. The SMILES string of the molecule is C[C@@H](Nc1cccc(NC(=O)Nc2ccccc2)c1)C(=O)Nc1ccccc1[N+](=O)[O-]. The maximum atomic E-state index is 12.5. The van der Waals surface area contributed by atoms with Gasteiger partial charge in [-0.15, -0.1) is 0 Å². The molecule has 31 heavy (non-hydrogen) atoms. The Labute approximate surface area is 178 Å². The van der Waals surface area contributed by atoms with E-state index < -0.39 is 22.9 Å². The van der Waals surface area contributed by atoms with Crippen molar-refractivity contribution in [2.24, 2.45) is 0 Å². The highest BCUT2D eigenvalue weighted by molar-refractivity contribution is 6.00. The van der Waals surface area contributed by atoms with Crippen LogP contribution in [0.2, 0.25) is 0 Å². The molecule has 3 aromatic rings. The lowest BCUT2D eigenvalue weighted by molar-refractivity contribution is -0.383. The predicted octanol–water partition coefficient (Wildman–Crippen LogP) is 4.68. The van der Waals surface area contributed by atoms with Gasteiger partial charge in [-0.05, 0) is 43.3 Å². The van der Waals surface area contributed by atoms with Gasteiger partial charge < -0.3 is 21.3 Å². The number of urea groups is 1. The lowest BCUT2D eigenvalue weighted by Crippen LogP contribution is -2.32. The number of carbonyl (C=O) groups is 2. The number of hydrogen-bond acceptors (Lipinski definition) is 5. The number of carbonyl (C=O) groups excluding carboxylic acids is 2. The number of amides is 3. The molecule has 0 aliphatic carbocycles. The summed E-state index contributed by atoms with van der Waals surface area (Å²) in [7, 11) is 0. The number of anilines is 4. The Bertz CT molecular complexity index is 1090. The maximum Gasteiger partial charge on any atom is 0.323 e. The van der Waals surface area contributed by atoms with Gasteiger partial charge in [0.15, 0.2) is 0 Å². The smallest absolute Gasteiger partial charge is 0.323 e. The summed E-state index contributed by atoms with van der Waals surface area (Å²) < 4.78 is 0. The second-order valence-electron chi connectivity index (χ2n) is 6.66. The summed E-state index contributed by atoms with van der Waals surface area (Å²) in [6.45, 7) is 1.63. The number of hydrogen-bond donors (Lipinski definition) is 4. The first-order valence-corrected chi connectivity index (χ1v) is 9.46. The first-order chi connectivity index (χ1) is 14.9. The van der Waals surface area contributed by atoms with Crippen LogP contribution in [0.4, 0.5) is 33.2 Å². The number of nitrogens with one attached hydrogen (secondary N) is 4. The molecule has 0 bridgehead atoms. The van der Waals surface area contributed by atoms with Crippen molar-refractivity contribution in [2.45, 2.75) is 13.0 Å². The molecule has 0 unspecified atom stereocenters. The van der Waals surface area contributed by atoms with E-state index in [4.69, 9.17) is 0 Å². The first kappa shape index (κ1) is 21.3. The van der Waals surface area contributed by atoms with Crippen molar-refractivity contribution in [1.82, 2.24) is 0 Å². The lowest BCUT2D eigenvalue weighted by Gasteiger charge is -2.16. The van der Waals surface area contributed by atoms with Crippen molar-refractivity contribution in [3.63, 3.8) is 0 Å². The normalized spacial score (nSPS) is 11.1. The fourth-order valence-electron chi connectivity index (χ4n) is 2.80. The van der Waals surface area contributed by atoms with E-state index in [0.717, 1.165) is 0 Å². The number of benzene rings is 3. The van der Waals surface area contributed by atoms with Gasteiger partial charge in [0.2, 0.25) is 5.91 Å². The molecule has 0 radical (unpaired) electrons. The summed E-state index contributed by atoms with van der Waals surface area (Å²) in [4.78, 5) is 35.2. The van der Waals surface area contributed by atoms with E-state index in [2.05, 4.69) is 21.3 Å². The molecule has 9 heteroatoms. The molecular formula is C22H21N5O4. The van der Waals surface area contributed by atoms with E-state index >= 15 is 0 Å². The van der Waals surface area contributed by atoms with E-state index in [9.17, 15) is 19.7 Å². The Balaban J connectivity index is 1.60. The van der Waals surface area contributed by atoms with Crippen LogP contribution in [-0.4, -0.2) is 22.9 Å². The Morgan fingerprint density at radius 2 is 1.42 bits per heavy atom. The van der Waals surface area contributed by atoms with Crippen LogP contribution in [0.15, 0.2) is 78.9 Å². The van der Waals surface area contributed by atoms with Crippen LogP contribution in [0.25, 0.3) is 0 Å². The van der Waals surface area contributed by atoms with Crippen LogP contribution in [0, 0.1) is 10.1 Å². The lowest BCUT2D eigenvalue weighted by atomic mass is 10.2. The molecule has 0 aromatic heterocycles. The zero-order chi connectivity index (χ0) is 22.2. The molecule has 0 saturated heterocycles. The van der Waals surface area contributed by atoms with Gasteiger partial charge in [-0.2, -0.15) is 0 Å². The minimum absolute atomic E-state index is 0.124. The van der Waals surface area contributed by atoms with Crippen molar-refractivity contribution in [2.75, 3.05) is 21.3 Å². The van der Waals surface area contributed by atoms with Crippen molar-refractivity contribution in [1.29, 1.82) is 0 Å². The third kappa shape index (κ3) is 6.04. The molecular weight excluding hydrogens is 398 g/mol. The minimum atomic E-state index is -0.687. The zero-order valence-electron chi connectivity index (χ0n) is 16.7. The summed E-state index contributed by atoms with van der Waals surface area (Å²) >= 11 is 0. The van der Waals surface area contributed by atoms with Crippen LogP contribution in [0.5, 0.6) is 0 Å². The van der Waals surface area contributed by atoms with Crippen LogP contribution >= 0.6 is 0 Å². The highest BCUT2D eigenvalue weighted by Crippen LogP contribution is 2.23. The summed E-state index contributed by atoms with van der Waals surface area (Å²) in [5, 5.41) is 22.1. The average Bonchev–Trinajstić information content (AvgIpc) is 2.74. The van der Waals surface area contributed by atoms with E-state index in [0.29, 0.717) is 17.1 Å². The average molecular weight is 419 g/mol. The topological polar surface area (TPSA) is 125 Å². The van der Waals surface area contributed by atoms with Gasteiger partial charge in [0.25, 0.3) is 5.69 Å². The summed E-state index contributed by atoms with van der Waals surface area (Å²) in [6, 6.07) is 20.7. The van der Waals surface area contributed by atoms with Gasteiger partial charge in [-0.3, -0.25) is 14.9 Å². The largest absolute Gasteiger partial charge is 0.374 e. The molecule has 0 aliphatic rings. The molecule has 0 heterocycles. The van der Waals surface area contributed by atoms with Crippen LogP contribution < -0.4 is 21.3 Å². The van der Waals surface area contributed by atoms with Gasteiger partial charge in [0.1, 0.15) is 11.7 Å². The van der Waals surface area contributed by atoms with E-state index in [1.54, 1.807) is 49.4 Å². The molecule has 0 saturated carbocycles. The van der Waals surface area contributed by atoms with Gasteiger partial charge in [0, 0.05) is 23.1 Å². The molecule has 3 rings (SSSR count). The van der Waals surface area contributed by atoms with Gasteiger partial charge in [-0.1, -0.05) is 36.4 Å². The number of nitro benzene ring substituents is 1. The zero-order valence-corrected chi connectivity index (χ0v) is 16.7. The number of nitrogens with zero attached hydrogens (tertiary/aromatic N) is 1. The van der Waals surface area contributed by atoms with Crippen molar-refractivity contribution >= 4 is 40.4 Å². The van der Waals surface area contributed by atoms with Crippen LogP contribution in [0.3, 0.4) is 0 Å². The number of para-hydroxylation sites is 3. The highest BCUT2D eigenvalue weighted by Gasteiger charge is 2.18. The standard InChI is InChI=1S/C22H21N5O4/c1-15(21(28)26-19-12-5-6-13-20(19)27(30)31)23-17-10-7-11-18(14-17)25-22(29)24-16-8-3-2-4-9-16/h2-15,23H,1H3,(H,26,28)(H2,24,25,29)/t15-/m1/s1. The number of rotatable bonds is 7. The third-order valence-corrected chi connectivity index (χ3v) is 4.29. The Kier molecular flexibility index (Phi) is 6.79. The van der Waals surface area contributed by atoms with Crippen LogP contribution in [-0.2, 0) is 4.79 Å². The number of nitro groups is 1. The van der Waals surface area contributed by atoms with Crippen molar-refractivity contribution in [3.05, 3.63) is 89.0 Å². The Morgan fingerprint density at radius 3 is 2.16 bits per heavy atom. The molecule has 0 aliphatic heterocycles. The summed E-state index contributed by atoms with van der Waals surface area (Å²) in [5.41, 5.74) is 1.74. The fraction of sp³-hybridized carbons (Fsp3) is 0.0909. The Morgan fingerprint density at radius 1 is 0.806 bits per heavy atom. The summed E-state index contributed by atoms with van der Waals surface area (Å²) in [6.07, 6.45) is 0. The minimum Gasteiger partial charge on any atom is -0.374 e. The van der Waals surface area contributed by atoms with E-state index in [1.165, 1.54) is 18.2 Å². The van der Waals surface area contributed by atoms with E-state index in [1.807, 2.05) is 18.2 Å². The van der Waals surface area contributed by atoms with Crippen molar-refractivity contribution in [3.8, 4) is 0 Å². The monoisotopic (exact) mass is 419 g/mol.